The SMILES string of the molecule is COSc1ccccc1-c1ccncc1-n1cncc1-c1cc(C(F)(F)F)cc(C(F)(F)F)c1. The number of hydrogen-bond donors (Lipinski definition) is 0. The van der Waals surface area contributed by atoms with Crippen LogP contribution < -0.4 is 0 Å². The number of imidazole rings is 1. The molecular formula is C23H15F6N3OS. The first-order valence-corrected chi connectivity index (χ1v) is 10.4. The maximum Gasteiger partial charge on any atom is 0.416 e. The van der Waals surface area contributed by atoms with Crippen LogP contribution in [0.5, 0.6) is 0 Å². The average Bonchev–Trinajstić information content (AvgIpc) is 3.28. The standard InChI is InChI=1S/C23H15F6N3OS/c1-33-34-21-5-3-2-4-18(21)17-6-7-30-12-20(17)32-13-31-11-19(32)14-8-15(22(24,25)26)10-16(9-14)23(27,28)29/h2-13H,1H3. The normalized spacial score (nSPS) is 12.2. The summed E-state index contributed by atoms with van der Waals surface area (Å²) in [5, 5.41) is 0. The minimum atomic E-state index is -4.96. The van der Waals surface area contributed by atoms with Crippen LogP contribution in [0.25, 0.3) is 28.1 Å². The van der Waals surface area contributed by atoms with Gasteiger partial charge >= 0.3 is 12.4 Å². The van der Waals surface area contributed by atoms with Crippen molar-refractivity contribution in [2.45, 2.75) is 17.2 Å². The van der Waals surface area contributed by atoms with Crippen molar-refractivity contribution >= 4 is 12.0 Å². The fourth-order valence-electron chi connectivity index (χ4n) is 3.46. The number of nitrogens with zero attached hydrogens (tertiary/aromatic N) is 3. The quantitative estimate of drug-likeness (QED) is 0.215. The van der Waals surface area contributed by atoms with Gasteiger partial charge in [0.05, 0.1) is 48.3 Å². The van der Waals surface area contributed by atoms with Crippen LogP contribution in [0.1, 0.15) is 11.1 Å². The third-order valence-electron chi connectivity index (χ3n) is 4.93. The molecule has 4 aromatic rings. The number of hydrogen-bond acceptors (Lipinski definition) is 4. The van der Waals surface area contributed by atoms with Crippen LogP contribution in [0.2, 0.25) is 0 Å². The van der Waals surface area contributed by atoms with E-state index in [1.807, 2.05) is 18.2 Å². The lowest BCUT2D eigenvalue weighted by Gasteiger charge is -2.17. The van der Waals surface area contributed by atoms with E-state index in [1.165, 1.54) is 36.6 Å². The van der Waals surface area contributed by atoms with Crippen molar-refractivity contribution in [3.8, 4) is 28.1 Å². The largest absolute Gasteiger partial charge is 0.416 e. The Morgan fingerprint density at radius 3 is 2.15 bits per heavy atom. The Bertz CT molecular complexity index is 1280. The number of pyridine rings is 1. The molecule has 0 spiro atoms. The van der Waals surface area contributed by atoms with Crippen molar-refractivity contribution in [2.24, 2.45) is 0 Å². The van der Waals surface area contributed by atoms with Gasteiger partial charge in [-0.3, -0.25) is 9.55 Å². The third-order valence-corrected chi connectivity index (χ3v) is 5.63. The second-order valence-corrected chi connectivity index (χ2v) is 8.02. The van der Waals surface area contributed by atoms with E-state index in [-0.39, 0.29) is 17.3 Å². The number of benzene rings is 2. The molecule has 0 aliphatic heterocycles. The summed E-state index contributed by atoms with van der Waals surface area (Å²) in [5.74, 6) is 0. The average molecular weight is 495 g/mol. The van der Waals surface area contributed by atoms with Crippen LogP contribution in [0, 0.1) is 0 Å². The Balaban J connectivity index is 1.92. The zero-order valence-corrected chi connectivity index (χ0v) is 18.2. The molecule has 11 heteroatoms. The van der Waals surface area contributed by atoms with Crippen LogP contribution >= 0.6 is 12.0 Å². The molecule has 2 heterocycles. The monoisotopic (exact) mass is 495 g/mol. The second kappa shape index (κ2) is 9.15. The van der Waals surface area contributed by atoms with Crippen molar-refractivity contribution < 1.29 is 30.5 Å². The van der Waals surface area contributed by atoms with Gasteiger partial charge in [0.1, 0.15) is 0 Å². The Hall–Kier alpha value is -3.31. The fraction of sp³-hybridized carbons (Fsp3) is 0.130. The van der Waals surface area contributed by atoms with E-state index in [2.05, 4.69) is 9.97 Å². The first kappa shape index (κ1) is 23.8. The Labute approximate surface area is 194 Å². The fourth-order valence-corrected chi connectivity index (χ4v) is 4.04. The van der Waals surface area contributed by atoms with Crippen molar-refractivity contribution in [3.05, 3.63) is 84.6 Å². The van der Waals surface area contributed by atoms with Gasteiger partial charge in [0, 0.05) is 34.3 Å². The molecule has 0 atom stereocenters. The maximum atomic E-state index is 13.4. The lowest BCUT2D eigenvalue weighted by atomic mass is 10.0. The van der Waals surface area contributed by atoms with Crippen LogP contribution in [0.4, 0.5) is 26.3 Å². The van der Waals surface area contributed by atoms with Crippen LogP contribution in [0.3, 0.4) is 0 Å². The topological polar surface area (TPSA) is 39.9 Å². The summed E-state index contributed by atoms with van der Waals surface area (Å²) in [6, 6.07) is 10.4. The summed E-state index contributed by atoms with van der Waals surface area (Å²) in [4.78, 5) is 8.86. The van der Waals surface area contributed by atoms with E-state index in [9.17, 15) is 26.3 Å². The number of halogens is 6. The molecule has 0 aliphatic rings. The molecular weight excluding hydrogens is 480 g/mol. The first-order valence-electron chi connectivity index (χ1n) is 9.66. The van der Waals surface area contributed by atoms with Crippen molar-refractivity contribution in [1.82, 2.24) is 14.5 Å². The Kier molecular flexibility index (Phi) is 6.41. The molecule has 2 aromatic carbocycles. The number of rotatable bonds is 5. The highest BCUT2D eigenvalue weighted by atomic mass is 32.2. The number of aromatic nitrogens is 3. The predicted octanol–water partition coefficient (Wildman–Crippen LogP) is 7.29. The maximum absolute atomic E-state index is 13.4. The Morgan fingerprint density at radius 1 is 0.824 bits per heavy atom. The summed E-state index contributed by atoms with van der Waals surface area (Å²) in [5.41, 5.74) is -1.25. The molecule has 0 N–H and O–H groups in total. The van der Waals surface area contributed by atoms with Crippen molar-refractivity contribution in [1.29, 1.82) is 0 Å². The molecule has 0 amide bonds. The van der Waals surface area contributed by atoms with Gasteiger partial charge in [-0.25, -0.2) is 4.98 Å². The molecule has 0 saturated carbocycles. The molecule has 2 aromatic heterocycles. The molecule has 4 nitrogen and oxygen atoms in total. The highest BCUT2D eigenvalue weighted by Gasteiger charge is 2.37. The summed E-state index contributed by atoms with van der Waals surface area (Å²) >= 11 is 1.12. The molecule has 4 rings (SSSR count). The van der Waals surface area contributed by atoms with Crippen LogP contribution in [-0.4, -0.2) is 21.6 Å². The summed E-state index contributed by atoms with van der Waals surface area (Å²) in [7, 11) is 1.51. The smallest absolute Gasteiger partial charge is 0.314 e. The van der Waals surface area contributed by atoms with E-state index in [0.717, 1.165) is 22.5 Å². The van der Waals surface area contributed by atoms with E-state index in [4.69, 9.17) is 4.18 Å². The van der Waals surface area contributed by atoms with Crippen molar-refractivity contribution in [3.63, 3.8) is 0 Å². The number of alkyl halides is 6. The predicted molar refractivity (Wildman–Crippen MR) is 115 cm³/mol. The highest BCUT2D eigenvalue weighted by molar-refractivity contribution is 7.94. The van der Waals surface area contributed by atoms with E-state index >= 15 is 0 Å². The molecule has 34 heavy (non-hydrogen) atoms. The van der Waals surface area contributed by atoms with Gasteiger partial charge in [0.2, 0.25) is 0 Å². The van der Waals surface area contributed by atoms with Gasteiger partial charge in [0.15, 0.2) is 0 Å². The van der Waals surface area contributed by atoms with Crippen molar-refractivity contribution in [2.75, 3.05) is 7.11 Å². The summed E-state index contributed by atoms with van der Waals surface area (Å²) in [6.45, 7) is 0. The summed E-state index contributed by atoms with van der Waals surface area (Å²) in [6.07, 6.45) is -4.40. The Morgan fingerprint density at radius 2 is 1.50 bits per heavy atom. The molecule has 176 valence electrons. The molecule has 0 saturated heterocycles. The van der Waals surface area contributed by atoms with E-state index in [1.54, 1.807) is 12.1 Å². The van der Waals surface area contributed by atoms with Gasteiger partial charge in [-0.05, 0) is 35.9 Å². The molecule has 0 radical (unpaired) electrons. The molecule has 0 aliphatic carbocycles. The van der Waals surface area contributed by atoms with Gasteiger partial charge in [-0.1, -0.05) is 18.2 Å². The second-order valence-electron chi connectivity index (χ2n) is 7.08. The molecule has 0 unspecified atom stereocenters. The van der Waals surface area contributed by atoms with Gasteiger partial charge in [0.25, 0.3) is 0 Å². The minimum absolute atomic E-state index is 0.0442. The lowest BCUT2D eigenvalue weighted by Crippen LogP contribution is -2.11. The highest BCUT2D eigenvalue weighted by Crippen LogP contribution is 2.40. The van der Waals surface area contributed by atoms with E-state index in [0.29, 0.717) is 23.4 Å². The van der Waals surface area contributed by atoms with E-state index < -0.39 is 23.5 Å². The third kappa shape index (κ3) is 4.80. The first-order chi connectivity index (χ1) is 16.1. The van der Waals surface area contributed by atoms with Gasteiger partial charge in [-0.15, -0.1) is 0 Å². The van der Waals surface area contributed by atoms with Gasteiger partial charge < -0.3 is 4.18 Å². The van der Waals surface area contributed by atoms with Crippen LogP contribution in [0.15, 0.2) is 78.3 Å². The van der Waals surface area contributed by atoms with Gasteiger partial charge in [-0.2, -0.15) is 26.3 Å². The minimum Gasteiger partial charge on any atom is -0.314 e. The van der Waals surface area contributed by atoms with Crippen LogP contribution in [-0.2, 0) is 16.5 Å². The molecule has 0 bridgehead atoms. The zero-order chi connectivity index (χ0) is 24.5. The lowest BCUT2D eigenvalue weighted by molar-refractivity contribution is -0.143. The summed E-state index contributed by atoms with van der Waals surface area (Å²) < 4.78 is 86.9. The molecule has 0 fully saturated rings. The zero-order valence-electron chi connectivity index (χ0n) is 17.4.